The Morgan fingerprint density at radius 3 is 2.41 bits per heavy atom. The number of anilines is 1. The quantitative estimate of drug-likeness (QED) is 0.668. The maximum atomic E-state index is 12.6. The lowest BCUT2D eigenvalue weighted by atomic mass is 10.1. The van der Waals surface area contributed by atoms with E-state index < -0.39 is 0 Å². The molecule has 1 saturated heterocycles. The lowest BCUT2D eigenvalue weighted by Gasteiger charge is -2.35. The van der Waals surface area contributed by atoms with E-state index in [2.05, 4.69) is 19.9 Å². The van der Waals surface area contributed by atoms with E-state index in [1.54, 1.807) is 30.9 Å². The molecule has 1 fully saturated rings. The Morgan fingerprint density at radius 1 is 1.00 bits per heavy atom. The number of ether oxygens (including phenoxy) is 1. The Labute approximate surface area is 170 Å². The third-order valence-corrected chi connectivity index (χ3v) is 4.93. The zero-order valence-corrected chi connectivity index (χ0v) is 16.4. The zero-order valence-electron chi connectivity index (χ0n) is 16.4. The topological polar surface area (TPSA) is 71.5 Å². The molecule has 7 nitrogen and oxygen atoms in total. The van der Waals surface area contributed by atoms with Crippen molar-refractivity contribution in [1.82, 2.24) is 19.9 Å². The molecule has 0 aliphatic carbocycles. The summed E-state index contributed by atoms with van der Waals surface area (Å²) in [5.74, 6) is 1.77. The summed E-state index contributed by atoms with van der Waals surface area (Å²) in [4.78, 5) is 29.5. The van der Waals surface area contributed by atoms with Crippen LogP contribution >= 0.6 is 0 Å². The first kappa shape index (κ1) is 18.9. The van der Waals surface area contributed by atoms with Gasteiger partial charge in [0, 0.05) is 55.8 Å². The molecule has 0 N–H and O–H groups in total. The molecule has 1 amide bonds. The fourth-order valence-electron chi connectivity index (χ4n) is 3.38. The second-order valence-electron chi connectivity index (χ2n) is 6.73. The average molecular weight is 389 g/mol. The predicted octanol–water partition coefficient (Wildman–Crippen LogP) is 2.90. The minimum atomic E-state index is 0.0461. The Morgan fingerprint density at radius 2 is 1.72 bits per heavy atom. The third-order valence-electron chi connectivity index (χ3n) is 4.93. The lowest BCUT2D eigenvalue weighted by Crippen LogP contribution is -2.49. The number of benzene rings is 1. The van der Waals surface area contributed by atoms with Gasteiger partial charge >= 0.3 is 0 Å². The van der Waals surface area contributed by atoms with E-state index in [0.717, 1.165) is 35.9 Å². The van der Waals surface area contributed by atoms with Crippen molar-refractivity contribution >= 4 is 11.7 Å². The SMILES string of the molecule is CCOc1ccc(-c2cc(N3CCN(C(=O)c4ccncc4)CC3)ncn2)cc1. The van der Waals surface area contributed by atoms with Gasteiger partial charge in [-0.25, -0.2) is 9.97 Å². The highest BCUT2D eigenvalue weighted by atomic mass is 16.5. The van der Waals surface area contributed by atoms with Crippen LogP contribution in [0.5, 0.6) is 5.75 Å². The van der Waals surface area contributed by atoms with E-state index in [9.17, 15) is 4.79 Å². The van der Waals surface area contributed by atoms with E-state index in [0.29, 0.717) is 25.3 Å². The standard InChI is InChI=1S/C22H23N5O2/c1-2-29-19-5-3-17(4-6-19)20-15-21(25-16-24-20)26-11-13-27(14-12-26)22(28)18-7-9-23-10-8-18/h3-10,15-16H,2,11-14H2,1H3. The molecule has 0 spiro atoms. The third kappa shape index (κ3) is 4.34. The molecular formula is C22H23N5O2. The van der Waals surface area contributed by atoms with Crippen molar-refractivity contribution < 1.29 is 9.53 Å². The van der Waals surface area contributed by atoms with Gasteiger partial charge in [-0.2, -0.15) is 0 Å². The minimum absolute atomic E-state index is 0.0461. The molecule has 3 heterocycles. The van der Waals surface area contributed by atoms with E-state index >= 15 is 0 Å². The van der Waals surface area contributed by atoms with Crippen LogP contribution in [0.25, 0.3) is 11.3 Å². The van der Waals surface area contributed by atoms with Gasteiger partial charge in [0.1, 0.15) is 17.9 Å². The molecule has 4 rings (SSSR count). The summed E-state index contributed by atoms with van der Waals surface area (Å²) in [6.07, 6.45) is 4.88. The van der Waals surface area contributed by atoms with E-state index in [1.165, 1.54) is 0 Å². The van der Waals surface area contributed by atoms with E-state index in [-0.39, 0.29) is 5.91 Å². The van der Waals surface area contributed by atoms with E-state index in [1.807, 2.05) is 42.2 Å². The van der Waals surface area contributed by atoms with Gasteiger partial charge in [-0.15, -0.1) is 0 Å². The van der Waals surface area contributed by atoms with Crippen molar-refractivity contribution in [3.05, 3.63) is 66.7 Å². The number of nitrogens with zero attached hydrogens (tertiary/aromatic N) is 5. The van der Waals surface area contributed by atoms with Gasteiger partial charge in [0.25, 0.3) is 5.91 Å². The molecule has 0 bridgehead atoms. The monoisotopic (exact) mass is 389 g/mol. The number of pyridine rings is 1. The number of carbonyl (C=O) groups is 1. The molecule has 1 aromatic carbocycles. The molecular weight excluding hydrogens is 366 g/mol. The van der Waals surface area contributed by atoms with Crippen LogP contribution < -0.4 is 9.64 Å². The number of hydrogen-bond acceptors (Lipinski definition) is 6. The highest BCUT2D eigenvalue weighted by Crippen LogP contribution is 2.24. The van der Waals surface area contributed by atoms with Gasteiger partial charge in [0.15, 0.2) is 0 Å². The summed E-state index contributed by atoms with van der Waals surface area (Å²) in [6.45, 7) is 5.39. The molecule has 3 aromatic rings. The molecule has 0 atom stereocenters. The van der Waals surface area contributed by atoms with Crippen molar-refractivity contribution in [2.45, 2.75) is 6.92 Å². The molecule has 2 aromatic heterocycles. The molecule has 1 aliphatic rings. The lowest BCUT2D eigenvalue weighted by molar-refractivity contribution is 0.0746. The van der Waals surface area contributed by atoms with Crippen LogP contribution in [-0.4, -0.2) is 58.5 Å². The van der Waals surface area contributed by atoms with Gasteiger partial charge in [0.05, 0.1) is 12.3 Å². The van der Waals surface area contributed by atoms with Crippen LogP contribution in [-0.2, 0) is 0 Å². The fourth-order valence-corrected chi connectivity index (χ4v) is 3.38. The highest BCUT2D eigenvalue weighted by Gasteiger charge is 2.23. The summed E-state index contributed by atoms with van der Waals surface area (Å²) in [5, 5.41) is 0. The van der Waals surface area contributed by atoms with Crippen LogP contribution in [0.1, 0.15) is 17.3 Å². The predicted molar refractivity (Wildman–Crippen MR) is 111 cm³/mol. The normalized spacial score (nSPS) is 14.0. The molecule has 29 heavy (non-hydrogen) atoms. The second-order valence-corrected chi connectivity index (χ2v) is 6.73. The van der Waals surface area contributed by atoms with Crippen molar-refractivity contribution in [2.24, 2.45) is 0 Å². The van der Waals surface area contributed by atoms with Crippen LogP contribution in [0.2, 0.25) is 0 Å². The molecule has 7 heteroatoms. The molecule has 0 unspecified atom stereocenters. The fraction of sp³-hybridized carbons (Fsp3) is 0.273. The van der Waals surface area contributed by atoms with Gasteiger partial charge < -0.3 is 14.5 Å². The molecule has 0 radical (unpaired) electrons. The smallest absolute Gasteiger partial charge is 0.254 e. The van der Waals surface area contributed by atoms with Crippen molar-refractivity contribution in [1.29, 1.82) is 0 Å². The number of carbonyl (C=O) groups excluding carboxylic acids is 1. The molecule has 1 aliphatic heterocycles. The van der Waals surface area contributed by atoms with Crippen molar-refractivity contribution in [3.63, 3.8) is 0 Å². The van der Waals surface area contributed by atoms with Gasteiger partial charge in [0.2, 0.25) is 0 Å². The first-order valence-corrected chi connectivity index (χ1v) is 9.74. The first-order chi connectivity index (χ1) is 14.2. The van der Waals surface area contributed by atoms with Crippen LogP contribution in [0, 0.1) is 0 Å². The molecule has 148 valence electrons. The van der Waals surface area contributed by atoms with Crippen LogP contribution in [0.4, 0.5) is 5.82 Å². The highest BCUT2D eigenvalue weighted by molar-refractivity contribution is 5.94. The van der Waals surface area contributed by atoms with Gasteiger partial charge in [-0.1, -0.05) is 0 Å². The van der Waals surface area contributed by atoms with Crippen molar-refractivity contribution in [3.8, 4) is 17.0 Å². The molecule has 0 saturated carbocycles. The second kappa shape index (κ2) is 8.68. The summed E-state index contributed by atoms with van der Waals surface area (Å²) in [6, 6.07) is 13.4. The summed E-state index contributed by atoms with van der Waals surface area (Å²) in [7, 11) is 0. The number of amides is 1. The Balaban J connectivity index is 1.42. The first-order valence-electron chi connectivity index (χ1n) is 9.74. The average Bonchev–Trinajstić information content (AvgIpc) is 2.80. The largest absolute Gasteiger partial charge is 0.494 e. The number of hydrogen-bond donors (Lipinski definition) is 0. The Bertz CT molecular complexity index is 954. The van der Waals surface area contributed by atoms with Gasteiger partial charge in [-0.3, -0.25) is 9.78 Å². The Kier molecular flexibility index (Phi) is 5.65. The maximum absolute atomic E-state index is 12.6. The summed E-state index contributed by atoms with van der Waals surface area (Å²) < 4.78 is 5.50. The van der Waals surface area contributed by atoms with E-state index in [4.69, 9.17) is 4.74 Å². The summed E-state index contributed by atoms with van der Waals surface area (Å²) >= 11 is 0. The number of aromatic nitrogens is 3. The Hall–Kier alpha value is -3.48. The van der Waals surface area contributed by atoms with Crippen LogP contribution in [0.3, 0.4) is 0 Å². The minimum Gasteiger partial charge on any atom is -0.494 e. The number of piperazine rings is 1. The van der Waals surface area contributed by atoms with Crippen molar-refractivity contribution in [2.75, 3.05) is 37.7 Å². The van der Waals surface area contributed by atoms with Crippen LogP contribution in [0.15, 0.2) is 61.2 Å². The zero-order chi connectivity index (χ0) is 20.1. The summed E-state index contributed by atoms with van der Waals surface area (Å²) in [5.41, 5.74) is 2.56. The number of rotatable bonds is 5. The van der Waals surface area contributed by atoms with Gasteiger partial charge in [-0.05, 0) is 43.3 Å². The maximum Gasteiger partial charge on any atom is 0.254 e.